The predicted molar refractivity (Wildman–Crippen MR) is 48.5 cm³/mol. The van der Waals surface area contributed by atoms with E-state index in [9.17, 15) is 8.78 Å². The van der Waals surface area contributed by atoms with Crippen molar-refractivity contribution in [1.82, 2.24) is 0 Å². The zero-order valence-electron chi connectivity index (χ0n) is 8.15. The molecule has 0 nitrogen and oxygen atoms in total. The molecule has 0 aliphatic carbocycles. The molecule has 0 bridgehead atoms. The Hall–Kier alpha value is -0.140. The van der Waals surface area contributed by atoms with Crippen LogP contribution in [-0.4, -0.2) is 6.43 Å². The van der Waals surface area contributed by atoms with E-state index in [1.165, 1.54) is 19.3 Å². The molecule has 12 heavy (non-hydrogen) atoms. The van der Waals surface area contributed by atoms with Crippen LogP contribution in [0.4, 0.5) is 8.78 Å². The minimum Gasteiger partial charge on any atom is -0.210 e. The minimum absolute atomic E-state index is 0.411. The Bertz CT molecular complexity index is 91.8. The smallest absolute Gasteiger partial charge is 0.210 e. The summed E-state index contributed by atoms with van der Waals surface area (Å²) < 4.78 is 24.0. The lowest BCUT2D eigenvalue weighted by Crippen LogP contribution is -2.05. The fourth-order valence-electron chi connectivity index (χ4n) is 1.20. The molecule has 0 aromatic heterocycles. The Balaban J connectivity index is 3.08. The lowest BCUT2D eigenvalue weighted by Gasteiger charge is -2.08. The molecule has 0 rings (SSSR count). The highest BCUT2D eigenvalue weighted by molar-refractivity contribution is 4.55. The topological polar surface area (TPSA) is 0 Å². The lowest BCUT2D eigenvalue weighted by atomic mass is 10.0. The SMILES string of the molecule is CCCCCCC[C@H](C)C(F)F. The molecule has 0 aromatic carbocycles. The first kappa shape index (κ1) is 11.9. The van der Waals surface area contributed by atoms with E-state index in [1.54, 1.807) is 6.92 Å². The second-order valence-corrected chi connectivity index (χ2v) is 3.51. The van der Waals surface area contributed by atoms with Gasteiger partial charge in [-0.3, -0.25) is 0 Å². The van der Waals surface area contributed by atoms with Gasteiger partial charge in [-0.05, 0) is 6.42 Å². The zero-order valence-corrected chi connectivity index (χ0v) is 8.15. The van der Waals surface area contributed by atoms with Crippen molar-refractivity contribution in [2.24, 2.45) is 5.92 Å². The van der Waals surface area contributed by atoms with Crippen LogP contribution in [0.15, 0.2) is 0 Å². The fourth-order valence-corrected chi connectivity index (χ4v) is 1.20. The van der Waals surface area contributed by atoms with Crippen LogP contribution < -0.4 is 0 Å². The fraction of sp³-hybridized carbons (Fsp3) is 1.00. The van der Waals surface area contributed by atoms with Crippen LogP contribution in [0.1, 0.15) is 52.4 Å². The summed E-state index contributed by atoms with van der Waals surface area (Å²) >= 11 is 0. The molecule has 0 spiro atoms. The number of halogens is 2. The molecule has 0 saturated heterocycles. The largest absolute Gasteiger partial charge is 0.241 e. The second kappa shape index (κ2) is 7.51. The quantitative estimate of drug-likeness (QED) is 0.511. The molecule has 0 aromatic rings. The van der Waals surface area contributed by atoms with Gasteiger partial charge in [-0.2, -0.15) is 0 Å². The number of hydrogen-bond donors (Lipinski definition) is 0. The van der Waals surface area contributed by atoms with Gasteiger partial charge < -0.3 is 0 Å². The Labute approximate surface area is 74.4 Å². The van der Waals surface area contributed by atoms with E-state index in [1.807, 2.05) is 0 Å². The molecular weight excluding hydrogens is 158 g/mol. The summed E-state index contributed by atoms with van der Waals surface area (Å²) in [5.41, 5.74) is 0. The highest BCUT2D eigenvalue weighted by atomic mass is 19.3. The van der Waals surface area contributed by atoms with Crippen molar-refractivity contribution in [3.63, 3.8) is 0 Å². The van der Waals surface area contributed by atoms with Crippen molar-refractivity contribution in [3.8, 4) is 0 Å². The highest BCUT2D eigenvalue weighted by Gasteiger charge is 2.12. The van der Waals surface area contributed by atoms with Crippen molar-refractivity contribution in [2.45, 2.75) is 58.8 Å². The summed E-state index contributed by atoms with van der Waals surface area (Å²) in [6, 6.07) is 0. The first-order valence-corrected chi connectivity index (χ1v) is 4.96. The van der Waals surface area contributed by atoms with Gasteiger partial charge in [-0.1, -0.05) is 46.0 Å². The molecule has 0 aliphatic rings. The molecule has 74 valence electrons. The first-order chi connectivity index (χ1) is 5.68. The summed E-state index contributed by atoms with van der Waals surface area (Å²) in [7, 11) is 0. The second-order valence-electron chi connectivity index (χ2n) is 3.51. The number of unbranched alkanes of at least 4 members (excludes halogenated alkanes) is 4. The van der Waals surface area contributed by atoms with Crippen molar-refractivity contribution in [3.05, 3.63) is 0 Å². The van der Waals surface area contributed by atoms with E-state index in [4.69, 9.17) is 0 Å². The van der Waals surface area contributed by atoms with Gasteiger partial charge >= 0.3 is 0 Å². The lowest BCUT2D eigenvalue weighted by molar-refractivity contribution is 0.0805. The van der Waals surface area contributed by atoms with E-state index in [2.05, 4.69) is 6.92 Å². The van der Waals surface area contributed by atoms with Gasteiger partial charge in [0.2, 0.25) is 6.43 Å². The molecule has 0 amide bonds. The summed E-state index contributed by atoms with van der Waals surface area (Å²) in [6.45, 7) is 3.78. The van der Waals surface area contributed by atoms with E-state index in [-0.39, 0.29) is 0 Å². The van der Waals surface area contributed by atoms with Crippen molar-refractivity contribution >= 4 is 0 Å². The molecule has 0 N–H and O–H groups in total. The monoisotopic (exact) mass is 178 g/mol. The van der Waals surface area contributed by atoms with Gasteiger partial charge in [0.25, 0.3) is 0 Å². The van der Waals surface area contributed by atoms with Gasteiger partial charge in [-0.25, -0.2) is 8.78 Å². The molecule has 0 saturated carbocycles. The average molecular weight is 178 g/mol. The molecule has 0 aliphatic heterocycles. The third kappa shape index (κ3) is 6.56. The van der Waals surface area contributed by atoms with Crippen molar-refractivity contribution < 1.29 is 8.78 Å². The molecule has 0 heterocycles. The molecule has 2 heteroatoms. The average Bonchev–Trinajstić information content (AvgIpc) is 2.03. The van der Waals surface area contributed by atoms with Crippen LogP contribution in [0.25, 0.3) is 0 Å². The third-order valence-electron chi connectivity index (χ3n) is 2.19. The standard InChI is InChI=1S/C10H20F2/c1-3-4-5-6-7-8-9(2)10(11)12/h9-10H,3-8H2,1-2H3/t9-/m0/s1. The van der Waals surface area contributed by atoms with Crippen LogP contribution in [0.5, 0.6) is 0 Å². The molecule has 0 unspecified atom stereocenters. The number of hydrogen-bond acceptors (Lipinski definition) is 0. The Morgan fingerprint density at radius 1 is 1.00 bits per heavy atom. The van der Waals surface area contributed by atoms with E-state index in [0.29, 0.717) is 6.42 Å². The van der Waals surface area contributed by atoms with E-state index in [0.717, 1.165) is 12.8 Å². The summed E-state index contributed by atoms with van der Waals surface area (Å²) in [6.07, 6.45) is 4.29. The number of alkyl halides is 2. The maximum Gasteiger partial charge on any atom is 0.241 e. The van der Waals surface area contributed by atoms with Crippen LogP contribution in [0, 0.1) is 5.92 Å². The van der Waals surface area contributed by atoms with Gasteiger partial charge in [0.05, 0.1) is 0 Å². The maximum atomic E-state index is 12.0. The molecule has 0 fully saturated rings. The van der Waals surface area contributed by atoms with Gasteiger partial charge in [0.1, 0.15) is 0 Å². The van der Waals surface area contributed by atoms with Gasteiger partial charge in [0.15, 0.2) is 0 Å². The van der Waals surface area contributed by atoms with Crippen LogP contribution in [0.3, 0.4) is 0 Å². The maximum absolute atomic E-state index is 12.0. The first-order valence-electron chi connectivity index (χ1n) is 4.96. The summed E-state index contributed by atoms with van der Waals surface area (Å²) in [5, 5.41) is 0. The Kier molecular flexibility index (Phi) is 7.42. The Morgan fingerprint density at radius 3 is 2.08 bits per heavy atom. The van der Waals surface area contributed by atoms with Gasteiger partial charge in [0, 0.05) is 5.92 Å². The predicted octanol–water partition coefficient (Wildman–Crippen LogP) is 4.25. The highest BCUT2D eigenvalue weighted by Crippen LogP contribution is 2.17. The normalized spacial score (nSPS) is 13.8. The van der Waals surface area contributed by atoms with E-state index < -0.39 is 12.3 Å². The van der Waals surface area contributed by atoms with Crippen LogP contribution >= 0.6 is 0 Å². The summed E-state index contributed by atoms with van der Waals surface area (Å²) in [4.78, 5) is 0. The van der Waals surface area contributed by atoms with Crippen LogP contribution in [0.2, 0.25) is 0 Å². The molecule has 0 radical (unpaired) electrons. The van der Waals surface area contributed by atoms with Crippen molar-refractivity contribution in [1.29, 1.82) is 0 Å². The van der Waals surface area contributed by atoms with E-state index >= 15 is 0 Å². The minimum atomic E-state index is -2.13. The molecular formula is C10H20F2. The van der Waals surface area contributed by atoms with Crippen molar-refractivity contribution in [2.75, 3.05) is 0 Å². The Morgan fingerprint density at radius 2 is 1.58 bits per heavy atom. The third-order valence-corrected chi connectivity index (χ3v) is 2.19. The van der Waals surface area contributed by atoms with Crippen LogP contribution in [-0.2, 0) is 0 Å². The number of rotatable bonds is 7. The molecule has 1 atom stereocenters. The van der Waals surface area contributed by atoms with Gasteiger partial charge in [-0.15, -0.1) is 0 Å². The zero-order chi connectivity index (χ0) is 9.40. The summed E-state index contributed by atoms with van der Waals surface area (Å²) in [5.74, 6) is -0.411.